The van der Waals surface area contributed by atoms with Gasteiger partial charge in [0.15, 0.2) is 12.1 Å². The number of carboxylic acid groups (broad SMARTS) is 1. The van der Waals surface area contributed by atoms with Crippen molar-refractivity contribution in [1.29, 1.82) is 0 Å². The van der Waals surface area contributed by atoms with Crippen LogP contribution in [0.15, 0.2) is 36.5 Å². The molecule has 1 N–H and O–H groups in total. The van der Waals surface area contributed by atoms with Gasteiger partial charge in [-0.2, -0.15) is 0 Å². The number of unbranched alkanes of at least 4 members (excludes halogenated alkanes) is 27. The van der Waals surface area contributed by atoms with Crippen molar-refractivity contribution in [3.8, 4) is 0 Å². The average molecular weight is 875 g/mol. The molecule has 0 aliphatic heterocycles. The Morgan fingerprint density at radius 2 is 0.855 bits per heavy atom. The van der Waals surface area contributed by atoms with Crippen molar-refractivity contribution >= 4 is 17.9 Å². The van der Waals surface area contributed by atoms with Gasteiger partial charge in [-0.3, -0.25) is 9.59 Å². The SMILES string of the molecule is CCCCCC/C=C/CCCCCCCCCC(=O)OC(COCCC(C(=O)O)[N+](C)(C)C)COC(=O)CCCCCCCCC/C=C/C/C=C/CCCCCCCCCCC. The van der Waals surface area contributed by atoms with E-state index in [-0.39, 0.29) is 36.2 Å². The predicted molar refractivity (Wildman–Crippen MR) is 261 cm³/mol. The van der Waals surface area contributed by atoms with Crippen molar-refractivity contribution in [2.24, 2.45) is 0 Å². The van der Waals surface area contributed by atoms with E-state index < -0.39 is 18.1 Å². The Hall–Kier alpha value is -2.45. The molecular formula is C54H100NO7+. The summed E-state index contributed by atoms with van der Waals surface area (Å²) in [4.78, 5) is 37.1. The van der Waals surface area contributed by atoms with Crippen molar-refractivity contribution in [2.75, 3.05) is 41.0 Å². The Morgan fingerprint density at radius 1 is 0.484 bits per heavy atom. The molecule has 0 saturated heterocycles. The molecule has 0 aliphatic carbocycles. The number of esters is 2. The van der Waals surface area contributed by atoms with Crippen LogP contribution >= 0.6 is 0 Å². The first kappa shape index (κ1) is 59.5. The van der Waals surface area contributed by atoms with Gasteiger partial charge in [-0.25, -0.2) is 4.79 Å². The Balaban J connectivity index is 4.22. The van der Waals surface area contributed by atoms with E-state index in [4.69, 9.17) is 14.2 Å². The van der Waals surface area contributed by atoms with E-state index in [9.17, 15) is 19.5 Å². The summed E-state index contributed by atoms with van der Waals surface area (Å²) in [5.74, 6) is -1.47. The van der Waals surface area contributed by atoms with Crippen molar-refractivity contribution in [1.82, 2.24) is 0 Å². The second-order valence-corrected chi connectivity index (χ2v) is 18.8. The molecule has 0 aromatic heterocycles. The van der Waals surface area contributed by atoms with Crippen molar-refractivity contribution in [3.05, 3.63) is 36.5 Å². The first-order valence-corrected chi connectivity index (χ1v) is 26.0. The summed E-state index contributed by atoms with van der Waals surface area (Å²) >= 11 is 0. The molecule has 0 radical (unpaired) electrons. The van der Waals surface area contributed by atoms with E-state index >= 15 is 0 Å². The fourth-order valence-electron chi connectivity index (χ4n) is 7.71. The summed E-state index contributed by atoms with van der Waals surface area (Å²) < 4.78 is 17.3. The fraction of sp³-hybridized carbons (Fsp3) is 0.833. The van der Waals surface area contributed by atoms with Gasteiger partial charge in [0.25, 0.3) is 0 Å². The summed E-state index contributed by atoms with van der Waals surface area (Å²) in [5.41, 5.74) is 0. The number of nitrogens with zero attached hydrogens (tertiary/aromatic N) is 1. The van der Waals surface area contributed by atoms with Gasteiger partial charge < -0.3 is 23.8 Å². The van der Waals surface area contributed by atoms with Crippen LogP contribution in [0.5, 0.6) is 0 Å². The van der Waals surface area contributed by atoms with E-state index in [0.29, 0.717) is 19.3 Å². The first-order chi connectivity index (χ1) is 30.1. The molecule has 2 atom stereocenters. The highest BCUT2D eigenvalue weighted by molar-refractivity contribution is 5.72. The summed E-state index contributed by atoms with van der Waals surface area (Å²) in [6, 6.07) is -0.616. The third-order valence-electron chi connectivity index (χ3n) is 11.8. The monoisotopic (exact) mass is 875 g/mol. The standard InChI is InChI=1S/C54H99NO7/c1-6-8-10-12-14-16-18-20-22-23-24-25-26-27-28-29-31-32-34-36-38-40-42-44-52(56)61-49-50(48-60-47-46-51(54(58)59)55(3,4)5)62-53(57)45-43-41-39-37-35-33-30-21-19-17-15-13-11-9-7-2/h17,19,24-25,27-28,50-51H,6-16,18,20-23,26,29-49H2,1-5H3/p+1/b19-17+,25-24+,28-27+. The van der Waals surface area contributed by atoms with Gasteiger partial charge >= 0.3 is 17.9 Å². The third-order valence-corrected chi connectivity index (χ3v) is 11.8. The molecule has 362 valence electrons. The first-order valence-electron chi connectivity index (χ1n) is 26.0. The lowest BCUT2D eigenvalue weighted by atomic mass is 10.1. The van der Waals surface area contributed by atoms with Gasteiger partial charge in [-0.05, 0) is 70.6 Å². The molecule has 0 aromatic rings. The molecule has 0 aromatic carbocycles. The highest BCUT2D eigenvalue weighted by atomic mass is 16.6. The number of carbonyl (C=O) groups excluding carboxylic acids is 2. The number of ether oxygens (including phenoxy) is 3. The Morgan fingerprint density at radius 3 is 1.27 bits per heavy atom. The van der Waals surface area contributed by atoms with Crippen LogP contribution in [-0.2, 0) is 28.6 Å². The van der Waals surface area contributed by atoms with Crippen molar-refractivity contribution < 1.29 is 38.2 Å². The maximum absolute atomic E-state index is 12.8. The molecule has 8 nitrogen and oxygen atoms in total. The molecule has 0 saturated carbocycles. The smallest absolute Gasteiger partial charge is 0.362 e. The topological polar surface area (TPSA) is 99.1 Å². The van der Waals surface area contributed by atoms with Crippen LogP contribution < -0.4 is 0 Å². The molecule has 8 heteroatoms. The van der Waals surface area contributed by atoms with Crippen LogP contribution in [0.2, 0.25) is 0 Å². The zero-order chi connectivity index (χ0) is 45.6. The van der Waals surface area contributed by atoms with E-state index in [2.05, 4.69) is 50.3 Å². The van der Waals surface area contributed by atoms with E-state index in [1.165, 1.54) is 154 Å². The summed E-state index contributed by atoms with van der Waals surface area (Å²) in [5, 5.41) is 9.65. The summed E-state index contributed by atoms with van der Waals surface area (Å²) in [6.07, 6.45) is 53.4. The molecule has 0 spiro atoms. The minimum absolute atomic E-state index is 0.0552. The minimum atomic E-state index is -0.875. The van der Waals surface area contributed by atoms with Gasteiger partial charge in [0.2, 0.25) is 0 Å². The lowest BCUT2D eigenvalue weighted by molar-refractivity contribution is -0.887. The molecule has 0 bridgehead atoms. The van der Waals surface area contributed by atoms with Gasteiger partial charge in [-0.1, -0.05) is 185 Å². The predicted octanol–water partition coefficient (Wildman–Crippen LogP) is 15.0. The molecule has 0 amide bonds. The lowest BCUT2D eigenvalue weighted by Crippen LogP contribution is -2.50. The zero-order valence-corrected chi connectivity index (χ0v) is 41.3. The third kappa shape index (κ3) is 42.8. The molecule has 2 unspecified atom stereocenters. The number of hydrogen-bond donors (Lipinski definition) is 1. The Kier molecular flexibility index (Phi) is 43.3. The number of rotatable bonds is 47. The highest BCUT2D eigenvalue weighted by Gasteiger charge is 2.31. The molecular weight excluding hydrogens is 775 g/mol. The van der Waals surface area contributed by atoms with Gasteiger partial charge in [0.1, 0.15) is 6.61 Å². The van der Waals surface area contributed by atoms with Gasteiger partial charge in [-0.15, -0.1) is 0 Å². The van der Waals surface area contributed by atoms with Crippen molar-refractivity contribution in [3.63, 3.8) is 0 Å². The normalized spacial score (nSPS) is 13.1. The summed E-state index contributed by atoms with van der Waals surface area (Å²) in [7, 11) is 5.53. The molecule has 0 aliphatic rings. The maximum Gasteiger partial charge on any atom is 0.362 e. The van der Waals surface area contributed by atoms with Crippen LogP contribution in [0, 0.1) is 0 Å². The Labute approximate surface area is 383 Å². The number of likely N-dealkylation sites (N-methyl/N-ethyl adjacent to an activating group) is 1. The average Bonchev–Trinajstić information content (AvgIpc) is 3.23. The number of allylic oxidation sites excluding steroid dienone is 6. The number of aliphatic carboxylic acids is 1. The van der Waals surface area contributed by atoms with Gasteiger partial charge in [0.05, 0.1) is 34.4 Å². The molecule has 0 fully saturated rings. The second kappa shape index (κ2) is 45.1. The van der Waals surface area contributed by atoms with Crippen molar-refractivity contribution in [2.45, 2.75) is 251 Å². The number of carboxylic acids is 1. The number of carbonyl (C=O) groups is 3. The van der Waals surface area contributed by atoms with E-state index in [1.54, 1.807) is 0 Å². The number of quaternary nitrogens is 1. The van der Waals surface area contributed by atoms with Crippen LogP contribution in [0.25, 0.3) is 0 Å². The molecule has 62 heavy (non-hydrogen) atoms. The van der Waals surface area contributed by atoms with Gasteiger partial charge in [0, 0.05) is 19.3 Å². The minimum Gasteiger partial charge on any atom is -0.477 e. The second-order valence-electron chi connectivity index (χ2n) is 18.8. The van der Waals surface area contributed by atoms with Crippen LogP contribution in [0.4, 0.5) is 0 Å². The number of hydrogen-bond acceptors (Lipinski definition) is 6. The largest absolute Gasteiger partial charge is 0.477 e. The Bertz CT molecular complexity index is 1110. The zero-order valence-electron chi connectivity index (χ0n) is 41.3. The van der Waals surface area contributed by atoms with E-state index in [1.807, 2.05) is 21.1 Å². The highest BCUT2D eigenvalue weighted by Crippen LogP contribution is 2.15. The summed E-state index contributed by atoms with van der Waals surface area (Å²) in [6.45, 7) is 4.74. The van der Waals surface area contributed by atoms with Crippen LogP contribution in [-0.4, -0.2) is 80.6 Å². The molecule has 0 heterocycles. The maximum atomic E-state index is 12.8. The lowest BCUT2D eigenvalue weighted by Gasteiger charge is -2.31. The molecule has 0 rings (SSSR count). The fourth-order valence-corrected chi connectivity index (χ4v) is 7.71. The van der Waals surface area contributed by atoms with Crippen LogP contribution in [0.1, 0.15) is 239 Å². The quantitative estimate of drug-likeness (QED) is 0.0281. The van der Waals surface area contributed by atoms with Crippen LogP contribution in [0.3, 0.4) is 0 Å². The van der Waals surface area contributed by atoms with E-state index in [0.717, 1.165) is 51.4 Å².